The molecular formula is C29H38O7Si. The van der Waals surface area contributed by atoms with Crippen LogP contribution in [0, 0.1) is 5.92 Å². The normalized spacial score (nSPS) is 15.8. The largest absolute Gasteiger partial charge is 0.541 e. The van der Waals surface area contributed by atoms with Crippen molar-refractivity contribution < 1.29 is 33.0 Å². The monoisotopic (exact) mass is 526 g/mol. The van der Waals surface area contributed by atoms with E-state index in [4.69, 9.17) is 23.4 Å². The van der Waals surface area contributed by atoms with Gasteiger partial charge >= 0.3 is 0 Å². The summed E-state index contributed by atoms with van der Waals surface area (Å²) in [6.07, 6.45) is 1.73. The maximum Gasteiger partial charge on any atom is 0.250 e. The van der Waals surface area contributed by atoms with Gasteiger partial charge in [0.1, 0.15) is 11.5 Å². The summed E-state index contributed by atoms with van der Waals surface area (Å²) in [4.78, 5) is 25.8. The summed E-state index contributed by atoms with van der Waals surface area (Å²) in [5.74, 6) is 1.24. The second-order valence-corrected chi connectivity index (χ2v) is 15.5. The first-order valence-corrected chi connectivity index (χ1v) is 15.2. The van der Waals surface area contributed by atoms with E-state index >= 15 is 0 Å². The first-order chi connectivity index (χ1) is 17.3. The summed E-state index contributed by atoms with van der Waals surface area (Å²) >= 11 is 0. The van der Waals surface area contributed by atoms with Gasteiger partial charge in [0.05, 0.1) is 34.4 Å². The molecule has 200 valence electrons. The molecule has 0 N–H and O–H groups in total. The molecule has 0 spiro atoms. The minimum atomic E-state index is -2.20. The Labute approximate surface area is 220 Å². The average Bonchev–Trinajstić information content (AvgIpc) is 2.98. The Morgan fingerprint density at radius 1 is 0.892 bits per heavy atom. The Morgan fingerprint density at radius 2 is 1.51 bits per heavy atom. The SMILES string of the molecule is COc1ccc(C2=CC(=O)C(C(C)=O)Cc3c2cc(OC)c(OC)c3OC)cc1O[Si](C)(C)C(C)(C)C. The van der Waals surface area contributed by atoms with E-state index in [1.54, 1.807) is 20.3 Å². The summed E-state index contributed by atoms with van der Waals surface area (Å²) in [5.41, 5.74) is 2.84. The highest BCUT2D eigenvalue weighted by molar-refractivity contribution is 6.74. The predicted molar refractivity (Wildman–Crippen MR) is 147 cm³/mol. The molecule has 37 heavy (non-hydrogen) atoms. The number of fused-ring (bicyclic) bond motifs is 1. The number of Topliss-reactive ketones (excluding diaryl/α,β-unsaturated/α-hetero) is 1. The van der Waals surface area contributed by atoms with Crippen molar-refractivity contribution in [2.24, 2.45) is 5.92 Å². The van der Waals surface area contributed by atoms with Gasteiger partial charge in [-0.3, -0.25) is 9.59 Å². The lowest BCUT2D eigenvalue weighted by molar-refractivity contribution is -0.128. The topological polar surface area (TPSA) is 80.3 Å². The number of methoxy groups -OCH3 is 4. The third-order valence-electron chi connectivity index (χ3n) is 7.40. The van der Waals surface area contributed by atoms with Crippen LogP contribution in [-0.4, -0.2) is 48.3 Å². The summed E-state index contributed by atoms with van der Waals surface area (Å²) in [6, 6.07) is 7.46. The van der Waals surface area contributed by atoms with Gasteiger partial charge in [0.15, 0.2) is 23.0 Å². The second-order valence-electron chi connectivity index (χ2n) is 10.7. The van der Waals surface area contributed by atoms with Gasteiger partial charge in [0, 0.05) is 5.56 Å². The van der Waals surface area contributed by atoms with Crippen LogP contribution in [0.1, 0.15) is 44.4 Å². The van der Waals surface area contributed by atoms with Gasteiger partial charge in [0.25, 0.3) is 8.32 Å². The van der Waals surface area contributed by atoms with Gasteiger partial charge in [-0.1, -0.05) is 26.8 Å². The van der Waals surface area contributed by atoms with E-state index in [-0.39, 0.29) is 23.0 Å². The number of carbonyl (C=O) groups excluding carboxylic acids is 2. The molecule has 0 saturated carbocycles. The van der Waals surface area contributed by atoms with Crippen molar-refractivity contribution in [1.29, 1.82) is 0 Å². The van der Waals surface area contributed by atoms with Crippen LogP contribution in [0.2, 0.25) is 18.1 Å². The van der Waals surface area contributed by atoms with E-state index in [0.29, 0.717) is 39.9 Å². The van der Waals surface area contributed by atoms with Crippen molar-refractivity contribution >= 4 is 25.5 Å². The maximum atomic E-state index is 13.3. The third-order valence-corrected chi connectivity index (χ3v) is 11.7. The van der Waals surface area contributed by atoms with Crippen LogP contribution in [0.4, 0.5) is 0 Å². The fourth-order valence-electron chi connectivity index (χ4n) is 4.22. The van der Waals surface area contributed by atoms with Gasteiger partial charge in [-0.05, 0) is 72.5 Å². The van der Waals surface area contributed by atoms with E-state index in [1.165, 1.54) is 21.1 Å². The molecule has 8 heteroatoms. The fraction of sp³-hybridized carbons (Fsp3) is 0.448. The minimum Gasteiger partial charge on any atom is -0.541 e. The molecular weight excluding hydrogens is 488 g/mol. The van der Waals surface area contributed by atoms with E-state index in [9.17, 15) is 9.59 Å². The van der Waals surface area contributed by atoms with Crippen LogP contribution < -0.4 is 23.4 Å². The lowest BCUT2D eigenvalue weighted by Gasteiger charge is -2.37. The highest BCUT2D eigenvalue weighted by Crippen LogP contribution is 2.48. The molecule has 7 nitrogen and oxygen atoms in total. The number of carbonyl (C=O) groups is 2. The quantitative estimate of drug-likeness (QED) is 0.314. The highest BCUT2D eigenvalue weighted by Gasteiger charge is 2.40. The number of hydrogen-bond acceptors (Lipinski definition) is 7. The van der Waals surface area contributed by atoms with Gasteiger partial charge in [0.2, 0.25) is 5.75 Å². The molecule has 0 saturated heterocycles. The molecule has 0 fully saturated rings. The van der Waals surface area contributed by atoms with Crippen LogP contribution in [0.3, 0.4) is 0 Å². The van der Waals surface area contributed by atoms with Crippen molar-refractivity contribution in [3.05, 3.63) is 47.0 Å². The summed E-state index contributed by atoms with van der Waals surface area (Å²) in [7, 11) is 4.03. The smallest absolute Gasteiger partial charge is 0.250 e. The molecule has 0 radical (unpaired) electrons. The number of allylic oxidation sites excluding steroid dienone is 1. The number of benzene rings is 2. The van der Waals surface area contributed by atoms with Crippen molar-refractivity contribution in [3.63, 3.8) is 0 Å². The summed E-state index contributed by atoms with van der Waals surface area (Å²) in [5, 5.41) is -0.0236. The molecule has 0 bridgehead atoms. The van der Waals surface area contributed by atoms with Crippen LogP contribution in [0.5, 0.6) is 28.7 Å². The van der Waals surface area contributed by atoms with Gasteiger partial charge < -0.3 is 23.4 Å². The Bertz CT molecular complexity index is 1240. The Hall–Kier alpha value is -3.26. The van der Waals surface area contributed by atoms with Crippen LogP contribution in [-0.2, 0) is 16.0 Å². The van der Waals surface area contributed by atoms with Crippen LogP contribution in [0.25, 0.3) is 5.57 Å². The number of hydrogen-bond donors (Lipinski definition) is 0. The van der Waals surface area contributed by atoms with Crippen molar-refractivity contribution in [2.75, 3.05) is 28.4 Å². The van der Waals surface area contributed by atoms with Crippen molar-refractivity contribution in [1.82, 2.24) is 0 Å². The Morgan fingerprint density at radius 3 is 2.03 bits per heavy atom. The van der Waals surface area contributed by atoms with E-state index < -0.39 is 14.2 Å². The molecule has 3 rings (SSSR count). The fourth-order valence-corrected chi connectivity index (χ4v) is 5.23. The van der Waals surface area contributed by atoms with Crippen molar-refractivity contribution in [2.45, 2.75) is 52.2 Å². The molecule has 0 amide bonds. The first kappa shape index (κ1) is 28.3. The first-order valence-electron chi connectivity index (χ1n) is 12.2. The van der Waals surface area contributed by atoms with Gasteiger partial charge in [-0.25, -0.2) is 0 Å². The average molecular weight is 527 g/mol. The molecule has 2 aromatic rings. The van der Waals surface area contributed by atoms with E-state index in [2.05, 4.69) is 33.9 Å². The molecule has 0 aliphatic heterocycles. The molecule has 1 aliphatic rings. The zero-order valence-corrected chi connectivity index (χ0v) is 24.5. The van der Waals surface area contributed by atoms with Gasteiger partial charge in [-0.15, -0.1) is 0 Å². The zero-order valence-electron chi connectivity index (χ0n) is 23.5. The highest BCUT2D eigenvalue weighted by atomic mass is 28.4. The molecule has 0 heterocycles. The number of rotatable bonds is 8. The standard InChI is InChI=1S/C29H38O7Si/c1-17(30)19-14-22-21(16-26(33-6)28(35-8)27(22)34-7)20(15-23(19)31)18-11-12-24(32-5)25(13-18)36-37(9,10)29(2,3)4/h11-13,15-16,19H,14H2,1-10H3. The third kappa shape index (κ3) is 5.39. The number of ether oxygens (including phenoxy) is 4. The van der Waals surface area contributed by atoms with Crippen LogP contribution >= 0.6 is 0 Å². The van der Waals surface area contributed by atoms with E-state index in [1.807, 2.05) is 24.3 Å². The minimum absolute atomic E-state index is 0.0236. The summed E-state index contributed by atoms with van der Waals surface area (Å²) in [6.45, 7) is 12.3. The zero-order chi connectivity index (χ0) is 27.7. The van der Waals surface area contributed by atoms with Crippen molar-refractivity contribution in [3.8, 4) is 28.7 Å². The molecule has 1 aliphatic carbocycles. The Balaban J connectivity index is 2.32. The van der Waals surface area contributed by atoms with Crippen LogP contribution in [0.15, 0.2) is 30.3 Å². The lowest BCUT2D eigenvalue weighted by atomic mass is 9.90. The lowest BCUT2D eigenvalue weighted by Crippen LogP contribution is -2.43. The molecule has 0 aromatic heterocycles. The summed E-state index contributed by atoms with van der Waals surface area (Å²) < 4.78 is 29.2. The Kier molecular flexibility index (Phi) is 8.12. The molecule has 1 atom stereocenters. The number of ketones is 2. The predicted octanol–water partition coefficient (Wildman–Crippen LogP) is 5.87. The second kappa shape index (κ2) is 10.6. The van der Waals surface area contributed by atoms with E-state index in [0.717, 1.165) is 11.1 Å². The molecule has 2 aromatic carbocycles. The molecule has 1 unspecified atom stereocenters. The maximum absolute atomic E-state index is 13.3. The van der Waals surface area contributed by atoms with Gasteiger partial charge in [-0.2, -0.15) is 0 Å².